The SMILES string of the molecule is Cc1cc(CN)cc(S(=O)(=O)N2CCC(C)(C)CC2)c1C. The van der Waals surface area contributed by atoms with Crippen molar-refractivity contribution in [2.75, 3.05) is 13.1 Å². The summed E-state index contributed by atoms with van der Waals surface area (Å²) in [5, 5.41) is 0. The number of nitrogens with two attached hydrogens (primary N) is 1. The standard InChI is InChI=1S/C16H26N2O2S/c1-12-9-14(11-17)10-15(13(12)2)21(19,20)18-7-5-16(3,4)6-8-18/h9-10H,5-8,11,17H2,1-4H3. The Kier molecular flexibility index (Phi) is 4.47. The van der Waals surface area contributed by atoms with E-state index < -0.39 is 10.0 Å². The summed E-state index contributed by atoms with van der Waals surface area (Å²) in [7, 11) is -3.42. The van der Waals surface area contributed by atoms with Gasteiger partial charge in [-0.1, -0.05) is 19.9 Å². The number of benzene rings is 1. The molecule has 0 spiro atoms. The number of sulfonamides is 1. The highest BCUT2D eigenvalue weighted by Crippen LogP contribution is 2.33. The molecule has 0 bridgehead atoms. The maximum absolute atomic E-state index is 12.9. The van der Waals surface area contributed by atoms with Crippen LogP contribution in [0.5, 0.6) is 0 Å². The van der Waals surface area contributed by atoms with E-state index in [2.05, 4.69) is 13.8 Å². The van der Waals surface area contributed by atoms with Crippen molar-refractivity contribution < 1.29 is 8.42 Å². The Hall–Kier alpha value is -0.910. The number of aryl methyl sites for hydroxylation is 1. The second kappa shape index (κ2) is 5.71. The lowest BCUT2D eigenvalue weighted by Gasteiger charge is -2.36. The Morgan fingerprint density at radius 1 is 1.19 bits per heavy atom. The smallest absolute Gasteiger partial charge is 0.243 e. The van der Waals surface area contributed by atoms with Gasteiger partial charge in [-0.3, -0.25) is 0 Å². The average Bonchev–Trinajstić information content (AvgIpc) is 2.41. The van der Waals surface area contributed by atoms with Crippen molar-refractivity contribution in [1.29, 1.82) is 0 Å². The van der Waals surface area contributed by atoms with Crippen LogP contribution in [-0.4, -0.2) is 25.8 Å². The fourth-order valence-electron chi connectivity index (χ4n) is 2.76. The van der Waals surface area contributed by atoms with Crippen LogP contribution in [0.4, 0.5) is 0 Å². The molecular formula is C16H26N2O2S. The minimum atomic E-state index is -3.42. The van der Waals surface area contributed by atoms with Gasteiger partial charge in [0.05, 0.1) is 4.90 Å². The van der Waals surface area contributed by atoms with E-state index in [4.69, 9.17) is 5.73 Å². The normalized spacial score (nSPS) is 19.7. The zero-order chi connectivity index (χ0) is 15.8. The van der Waals surface area contributed by atoms with Crippen LogP contribution in [0.15, 0.2) is 17.0 Å². The summed E-state index contributed by atoms with van der Waals surface area (Å²) in [6.07, 6.45) is 1.81. The Morgan fingerprint density at radius 2 is 1.76 bits per heavy atom. The van der Waals surface area contributed by atoms with E-state index >= 15 is 0 Å². The van der Waals surface area contributed by atoms with E-state index in [0.717, 1.165) is 29.5 Å². The van der Waals surface area contributed by atoms with Crippen molar-refractivity contribution in [1.82, 2.24) is 4.31 Å². The second-order valence-electron chi connectivity index (χ2n) is 6.81. The lowest BCUT2D eigenvalue weighted by atomic mass is 9.83. The fraction of sp³-hybridized carbons (Fsp3) is 0.625. The van der Waals surface area contributed by atoms with Gasteiger partial charge < -0.3 is 5.73 Å². The van der Waals surface area contributed by atoms with E-state index in [1.54, 1.807) is 10.4 Å². The van der Waals surface area contributed by atoms with Gasteiger partial charge in [0.15, 0.2) is 0 Å². The van der Waals surface area contributed by atoms with Crippen molar-refractivity contribution in [3.8, 4) is 0 Å². The van der Waals surface area contributed by atoms with E-state index in [0.29, 0.717) is 24.5 Å². The lowest BCUT2D eigenvalue weighted by Crippen LogP contribution is -2.41. The minimum Gasteiger partial charge on any atom is -0.326 e. The molecule has 1 aromatic rings. The summed E-state index contributed by atoms with van der Waals surface area (Å²) in [5.74, 6) is 0. The monoisotopic (exact) mass is 310 g/mol. The predicted molar refractivity (Wildman–Crippen MR) is 85.6 cm³/mol. The molecule has 1 aliphatic heterocycles. The zero-order valence-electron chi connectivity index (χ0n) is 13.4. The number of nitrogens with zero attached hydrogens (tertiary/aromatic N) is 1. The van der Waals surface area contributed by atoms with Crippen LogP contribution in [0.2, 0.25) is 0 Å². The van der Waals surface area contributed by atoms with Gasteiger partial charge in [0.1, 0.15) is 0 Å². The summed E-state index contributed by atoms with van der Waals surface area (Å²) in [5.41, 5.74) is 8.60. The largest absolute Gasteiger partial charge is 0.326 e. The van der Waals surface area contributed by atoms with Gasteiger partial charge in [-0.05, 0) is 54.9 Å². The zero-order valence-corrected chi connectivity index (χ0v) is 14.3. The quantitative estimate of drug-likeness (QED) is 0.933. The Balaban J connectivity index is 2.39. The van der Waals surface area contributed by atoms with Gasteiger partial charge in [0.2, 0.25) is 10.0 Å². The van der Waals surface area contributed by atoms with Crippen molar-refractivity contribution in [2.24, 2.45) is 11.1 Å². The predicted octanol–water partition coefficient (Wildman–Crippen LogP) is 2.57. The third kappa shape index (κ3) is 3.30. The van der Waals surface area contributed by atoms with Crippen LogP contribution in [0, 0.1) is 19.3 Å². The molecule has 0 atom stereocenters. The molecule has 0 amide bonds. The molecule has 0 aliphatic carbocycles. The van der Waals surface area contributed by atoms with Crippen LogP contribution < -0.4 is 5.73 Å². The molecule has 4 nitrogen and oxygen atoms in total. The molecule has 0 unspecified atom stereocenters. The maximum Gasteiger partial charge on any atom is 0.243 e. The molecule has 2 rings (SSSR count). The second-order valence-corrected chi connectivity index (χ2v) is 8.71. The topological polar surface area (TPSA) is 63.4 Å². The van der Waals surface area contributed by atoms with Crippen molar-refractivity contribution in [3.05, 3.63) is 28.8 Å². The summed E-state index contributed by atoms with van der Waals surface area (Å²) in [6, 6.07) is 3.70. The van der Waals surface area contributed by atoms with Gasteiger partial charge in [0.25, 0.3) is 0 Å². The molecule has 5 heteroatoms. The van der Waals surface area contributed by atoms with E-state index in [-0.39, 0.29) is 5.41 Å². The highest BCUT2D eigenvalue weighted by atomic mass is 32.2. The molecule has 0 saturated carbocycles. The van der Waals surface area contributed by atoms with Crippen molar-refractivity contribution in [3.63, 3.8) is 0 Å². The van der Waals surface area contributed by atoms with Crippen LogP contribution in [0.3, 0.4) is 0 Å². The first kappa shape index (κ1) is 16.5. The molecule has 1 saturated heterocycles. The van der Waals surface area contributed by atoms with Gasteiger partial charge in [-0.15, -0.1) is 0 Å². The minimum absolute atomic E-state index is 0.232. The summed E-state index contributed by atoms with van der Waals surface area (Å²) >= 11 is 0. The maximum atomic E-state index is 12.9. The third-order valence-electron chi connectivity index (χ3n) is 4.61. The number of hydrogen-bond donors (Lipinski definition) is 1. The van der Waals surface area contributed by atoms with Crippen molar-refractivity contribution >= 4 is 10.0 Å². The van der Waals surface area contributed by atoms with Gasteiger partial charge in [-0.25, -0.2) is 8.42 Å². The number of hydrogen-bond acceptors (Lipinski definition) is 3. The molecule has 21 heavy (non-hydrogen) atoms. The first-order valence-electron chi connectivity index (χ1n) is 7.48. The van der Waals surface area contributed by atoms with Crippen LogP contribution in [0.25, 0.3) is 0 Å². The van der Waals surface area contributed by atoms with Crippen LogP contribution >= 0.6 is 0 Å². The summed E-state index contributed by atoms with van der Waals surface area (Å²) in [4.78, 5) is 0.419. The van der Waals surface area contributed by atoms with Crippen molar-refractivity contribution in [2.45, 2.75) is 52.0 Å². The molecule has 1 heterocycles. The van der Waals surface area contributed by atoms with Crippen LogP contribution in [-0.2, 0) is 16.6 Å². The summed E-state index contributed by atoms with van der Waals surface area (Å²) in [6.45, 7) is 9.75. The van der Waals surface area contributed by atoms with Gasteiger partial charge in [-0.2, -0.15) is 4.31 Å². The third-order valence-corrected chi connectivity index (χ3v) is 6.63. The Labute approximate surface area is 128 Å². The first-order chi connectivity index (χ1) is 9.67. The lowest BCUT2D eigenvalue weighted by molar-refractivity contribution is 0.196. The first-order valence-corrected chi connectivity index (χ1v) is 8.92. The number of piperidine rings is 1. The number of rotatable bonds is 3. The van der Waals surface area contributed by atoms with E-state index in [1.807, 2.05) is 19.9 Å². The molecule has 118 valence electrons. The van der Waals surface area contributed by atoms with E-state index in [9.17, 15) is 8.42 Å². The highest BCUT2D eigenvalue weighted by Gasteiger charge is 2.33. The fourth-order valence-corrected chi connectivity index (χ4v) is 4.55. The highest BCUT2D eigenvalue weighted by molar-refractivity contribution is 7.89. The molecule has 2 N–H and O–H groups in total. The molecule has 1 aromatic carbocycles. The van der Waals surface area contributed by atoms with E-state index in [1.165, 1.54) is 0 Å². The average molecular weight is 310 g/mol. The van der Waals surface area contributed by atoms with Crippen LogP contribution in [0.1, 0.15) is 43.4 Å². The Morgan fingerprint density at radius 3 is 2.29 bits per heavy atom. The Bertz CT molecular complexity index is 626. The molecule has 0 aromatic heterocycles. The van der Waals surface area contributed by atoms with Gasteiger partial charge >= 0.3 is 0 Å². The molecule has 0 radical (unpaired) electrons. The molecule has 1 aliphatic rings. The van der Waals surface area contributed by atoms with Gasteiger partial charge in [0, 0.05) is 19.6 Å². The summed E-state index contributed by atoms with van der Waals surface area (Å²) < 4.78 is 27.5. The molecule has 1 fully saturated rings. The molecular weight excluding hydrogens is 284 g/mol.